The number of hydrogen-bond acceptors (Lipinski definition) is 1. The molecular weight excluding hydrogens is 178 g/mol. The van der Waals surface area contributed by atoms with Crippen LogP contribution >= 0.6 is 0 Å². The van der Waals surface area contributed by atoms with Crippen molar-refractivity contribution in [1.82, 2.24) is 4.23 Å². The van der Waals surface area contributed by atoms with Gasteiger partial charge >= 0.3 is 0 Å². The molecule has 0 saturated carbocycles. The molecule has 0 aromatic carbocycles. The van der Waals surface area contributed by atoms with E-state index in [2.05, 4.69) is 56.7 Å². The molecule has 0 aliphatic heterocycles. The van der Waals surface area contributed by atoms with E-state index < -0.39 is 16.5 Å². The molecule has 0 saturated heterocycles. The van der Waals surface area contributed by atoms with Crippen LogP contribution in [0.15, 0.2) is 12.7 Å². The third kappa shape index (κ3) is 3.25. The van der Waals surface area contributed by atoms with Crippen LogP contribution < -0.4 is 0 Å². The molecule has 0 fully saturated rings. The van der Waals surface area contributed by atoms with Crippen LogP contribution in [-0.2, 0) is 0 Å². The Morgan fingerprint density at radius 3 is 1.83 bits per heavy atom. The highest BCUT2D eigenvalue weighted by atomic mass is 28.4. The maximum atomic E-state index is 3.83. The van der Waals surface area contributed by atoms with Crippen molar-refractivity contribution >= 4 is 16.5 Å². The lowest BCUT2D eigenvalue weighted by atomic mass is 10.8. The summed E-state index contributed by atoms with van der Waals surface area (Å²) in [7, 11) is 0.0425. The van der Waals surface area contributed by atoms with E-state index >= 15 is 0 Å². The van der Waals surface area contributed by atoms with Crippen molar-refractivity contribution in [3.8, 4) is 0 Å². The van der Waals surface area contributed by atoms with Crippen molar-refractivity contribution in [3.63, 3.8) is 0 Å². The van der Waals surface area contributed by atoms with Crippen LogP contribution in [0.2, 0.25) is 38.8 Å². The number of allylic oxidation sites excluding steroid dienone is 1. The van der Waals surface area contributed by atoms with Gasteiger partial charge in [0.2, 0.25) is 0 Å². The molecule has 0 rings (SSSR count). The van der Waals surface area contributed by atoms with E-state index in [4.69, 9.17) is 0 Å². The number of hydrogen-bond donors (Lipinski definition) is 0. The zero-order valence-electron chi connectivity index (χ0n) is 9.44. The summed E-state index contributed by atoms with van der Waals surface area (Å²) >= 11 is 0. The van der Waals surface area contributed by atoms with E-state index in [0.29, 0.717) is 0 Å². The molecule has 0 radical (unpaired) electrons. The third-order valence-corrected chi connectivity index (χ3v) is 11.5. The summed E-state index contributed by atoms with van der Waals surface area (Å²) in [5, 5.41) is 0. The first-order chi connectivity index (χ1) is 5.22. The van der Waals surface area contributed by atoms with E-state index in [1.165, 1.54) is 6.04 Å². The molecule has 0 atom stereocenters. The minimum atomic E-state index is -1.17. The maximum absolute atomic E-state index is 3.83. The molecule has 0 N–H and O–H groups in total. The van der Waals surface area contributed by atoms with Gasteiger partial charge in [-0.3, -0.25) is 0 Å². The molecule has 0 aromatic heterocycles. The lowest BCUT2D eigenvalue weighted by Crippen LogP contribution is -2.57. The zero-order chi connectivity index (χ0) is 9.99. The van der Waals surface area contributed by atoms with Crippen molar-refractivity contribution in [2.24, 2.45) is 0 Å². The molecule has 0 aliphatic rings. The lowest BCUT2D eigenvalue weighted by molar-refractivity contribution is 0.752. The largest absolute Gasteiger partial charge is 0.348 e. The van der Waals surface area contributed by atoms with Crippen LogP contribution in [0.1, 0.15) is 0 Å². The Morgan fingerprint density at radius 1 is 1.17 bits per heavy atom. The van der Waals surface area contributed by atoms with Gasteiger partial charge in [-0.05, 0) is 13.1 Å². The molecule has 3 heteroatoms. The van der Waals surface area contributed by atoms with Gasteiger partial charge in [0.15, 0.2) is 0 Å². The monoisotopic (exact) mass is 201 g/mol. The average Bonchev–Trinajstić information content (AvgIpc) is 1.84. The van der Waals surface area contributed by atoms with E-state index in [0.717, 1.165) is 0 Å². The number of nitrogens with zero attached hydrogens (tertiary/aromatic N) is 1. The van der Waals surface area contributed by atoms with Crippen LogP contribution in [0, 0.1) is 0 Å². The van der Waals surface area contributed by atoms with Crippen molar-refractivity contribution in [2.75, 3.05) is 7.05 Å². The summed E-state index contributed by atoms with van der Waals surface area (Å²) in [4.78, 5) is 0. The fraction of sp³-hybridized carbons (Fsp3) is 0.778. The maximum Gasteiger partial charge on any atom is 0.119 e. The standard InChI is InChI=1S/C9H23NSi2/c1-8-9-12(6,7)10(2)11(3,4)5/h8H,1,9H2,2-7H3. The Kier molecular flexibility index (Phi) is 3.94. The predicted octanol–water partition coefficient (Wildman–Crippen LogP) is 3.14. The molecule has 0 heterocycles. The Bertz CT molecular complexity index is 158. The van der Waals surface area contributed by atoms with Crippen molar-refractivity contribution in [1.29, 1.82) is 0 Å². The summed E-state index contributed by atoms with van der Waals surface area (Å²) < 4.78 is 2.67. The fourth-order valence-electron chi connectivity index (χ4n) is 1.40. The third-order valence-electron chi connectivity index (χ3n) is 2.56. The van der Waals surface area contributed by atoms with Crippen LogP contribution in [0.4, 0.5) is 0 Å². The molecule has 0 bridgehead atoms. The zero-order valence-corrected chi connectivity index (χ0v) is 11.4. The normalized spacial score (nSPS) is 13.6. The molecule has 0 aliphatic carbocycles. The van der Waals surface area contributed by atoms with E-state index in [9.17, 15) is 0 Å². The molecule has 12 heavy (non-hydrogen) atoms. The first-order valence-electron chi connectivity index (χ1n) is 4.56. The second-order valence-electron chi connectivity index (χ2n) is 5.04. The highest BCUT2D eigenvalue weighted by Crippen LogP contribution is 2.20. The molecule has 0 unspecified atom stereocenters. The van der Waals surface area contributed by atoms with Gasteiger partial charge in [-0.25, -0.2) is 0 Å². The minimum Gasteiger partial charge on any atom is -0.348 e. The highest BCUT2D eigenvalue weighted by molar-refractivity contribution is 6.90. The summed E-state index contributed by atoms with van der Waals surface area (Å²) in [5.74, 6) is 0. The van der Waals surface area contributed by atoms with Crippen LogP contribution in [0.25, 0.3) is 0 Å². The van der Waals surface area contributed by atoms with Gasteiger partial charge in [0.25, 0.3) is 0 Å². The first kappa shape index (κ1) is 12.1. The van der Waals surface area contributed by atoms with Gasteiger partial charge in [0.05, 0.1) is 0 Å². The van der Waals surface area contributed by atoms with E-state index in [1.807, 2.05) is 0 Å². The topological polar surface area (TPSA) is 3.24 Å². The molecule has 72 valence electrons. The molecule has 0 spiro atoms. The van der Waals surface area contributed by atoms with E-state index in [-0.39, 0.29) is 0 Å². The Hall–Kier alpha value is 0.134. The van der Waals surface area contributed by atoms with E-state index in [1.54, 1.807) is 0 Å². The second-order valence-corrected chi connectivity index (χ2v) is 15.2. The quantitative estimate of drug-likeness (QED) is 0.499. The SMILES string of the molecule is C=CC[Si](C)(C)N(C)[Si](C)(C)C. The van der Waals surface area contributed by atoms with Gasteiger partial charge in [-0.15, -0.1) is 6.58 Å². The van der Waals surface area contributed by atoms with Crippen LogP contribution in [-0.4, -0.2) is 27.7 Å². The Labute approximate surface area is 79.7 Å². The summed E-state index contributed by atoms with van der Waals surface area (Å²) in [5.41, 5.74) is 0. The van der Waals surface area contributed by atoms with Gasteiger partial charge in [-0.1, -0.05) is 38.8 Å². The fourth-order valence-corrected chi connectivity index (χ4v) is 9.92. The predicted molar refractivity (Wildman–Crippen MR) is 63.6 cm³/mol. The van der Waals surface area contributed by atoms with Gasteiger partial charge < -0.3 is 4.23 Å². The summed E-state index contributed by atoms with van der Waals surface area (Å²) in [6.07, 6.45) is 2.07. The highest BCUT2D eigenvalue weighted by Gasteiger charge is 2.33. The summed E-state index contributed by atoms with van der Waals surface area (Å²) in [6.45, 7) is 15.9. The molecule has 0 aromatic rings. The first-order valence-corrected chi connectivity index (χ1v) is 11.2. The van der Waals surface area contributed by atoms with Gasteiger partial charge in [0.1, 0.15) is 16.5 Å². The molecular formula is C9H23NSi2. The van der Waals surface area contributed by atoms with Crippen LogP contribution in [0.5, 0.6) is 0 Å². The smallest absolute Gasteiger partial charge is 0.119 e. The van der Waals surface area contributed by atoms with Gasteiger partial charge in [0, 0.05) is 0 Å². The molecule has 0 amide bonds. The van der Waals surface area contributed by atoms with Gasteiger partial charge in [-0.2, -0.15) is 0 Å². The van der Waals surface area contributed by atoms with Crippen molar-refractivity contribution in [3.05, 3.63) is 12.7 Å². The lowest BCUT2D eigenvalue weighted by Gasteiger charge is -2.42. The molecule has 1 nitrogen and oxygen atoms in total. The Balaban J connectivity index is 4.44. The van der Waals surface area contributed by atoms with Crippen molar-refractivity contribution in [2.45, 2.75) is 38.8 Å². The second kappa shape index (κ2) is 3.89. The average molecular weight is 201 g/mol. The van der Waals surface area contributed by atoms with Crippen molar-refractivity contribution < 1.29 is 0 Å². The number of rotatable bonds is 4. The minimum absolute atomic E-state index is 1.09. The van der Waals surface area contributed by atoms with Crippen LogP contribution in [0.3, 0.4) is 0 Å². The summed E-state index contributed by atoms with van der Waals surface area (Å²) in [6, 6.07) is 1.20. The Morgan fingerprint density at radius 2 is 1.58 bits per heavy atom.